The van der Waals surface area contributed by atoms with Crippen LogP contribution in [0.15, 0.2) is 54.6 Å². The summed E-state index contributed by atoms with van der Waals surface area (Å²) in [6.07, 6.45) is 0. The number of hydrogen-bond acceptors (Lipinski definition) is 2. The molecule has 25 heavy (non-hydrogen) atoms. The average molecular weight is 336 g/mol. The molecule has 0 radical (unpaired) electrons. The Bertz CT molecular complexity index is 864. The zero-order valence-electron chi connectivity index (χ0n) is 14.1. The second-order valence-corrected chi connectivity index (χ2v) is 6.05. The molecule has 4 N–H and O–H groups in total. The smallest absolute Gasteiger partial charge is 0.319 e. The number of carbonyl (C=O) groups excluding carboxylic acids is 2. The minimum absolute atomic E-state index is 0.0647. The summed E-state index contributed by atoms with van der Waals surface area (Å²) in [5.41, 5.74) is 2.73. The Kier molecular flexibility index (Phi) is 4.70. The first-order valence-corrected chi connectivity index (χ1v) is 8.08. The van der Waals surface area contributed by atoms with E-state index in [2.05, 4.69) is 20.9 Å². The number of fused-ring (bicyclic) bond motifs is 1. The number of urea groups is 1. The van der Waals surface area contributed by atoms with Crippen LogP contribution >= 0.6 is 0 Å². The Balaban J connectivity index is 1.64. The average Bonchev–Trinajstić information content (AvgIpc) is 3.00. The van der Waals surface area contributed by atoms with E-state index in [-0.39, 0.29) is 18.0 Å². The highest BCUT2D eigenvalue weighted by Gasteiger charge is 2.10. The van der Waals surface area contributed by atoms with Gasteiger partial charge in [-0.1, -0.05) is 18.2 Å². The molecule has 6 heteroatoms. The molecule has 0 spiro atoms. The highest BCUT2D eigenvalue weighted by molar-refractivity contribution is 6.06. The summed E-state index contributed by atoms with van der Waals surface area (Å²) in [7, 11) is 0. The molecule has 128 valence electrons. The Hall–Kier alpha value is -3.28. The van der Waals surface area contributed by atoms with Crippen molar-refractivity contribution in [3.63, 3.8) is 0 Å². The Morgan fingerprint density at radius 3 is 2.20 bits per heavy atom. The number of H-pyrrole nitrogens is 1. The van der Waals surface area contributed by atoms with Crippen LogP contribution in [0.3, 0.4) is 0 Å². The lowest BCUT2D eigenvalue weighted by Gasteiger charge is -2.10. The molecule has 0 aliphatic carbocycles. The van der Waals surface area contributed by atoms with Crippen LogP contribution in [0, 0.1) is 0 Å². The maximum Gasteiger partial charge on any atom is 0.319 e. The van der Waals surface area contributed by atoms with Gasteiger partial charge in [-0.15, -0.1) is 0 Å². The Morgan fingerprint density at radius 2 is 1.56 bits per heavy atom. The van der Waals surface area contributed by atoms with Gasteiger partial charge in [0.15, 0.2) is 0 Å². The van der Waals surface area contributed by atoms with Crippen molar-refractivity contribution in [1.82, 2.24) is 10.3 Å². The molecule has 0 saturated heterocycles. The summed E-state index contributed by atoms with van der Waals surface area (Å²) in [6.45, 7) is 3.78. The first kappa shape index (κ1) is 16.6. The monoisotopic (exact) mass is 336 g/mol. The van der Waals surface area contributed by atoms with Gasteiger partial charge in [-0.2, -0.15) is 0 Å². The third-order valence-corrected chi connectivity index (χ3v) is 3.59. The van der Waals surface area contributed by atoms with Crippen LogP contribution in [0.25, 0.3) is 10.9 Å². The van der Waals surface area contributed by atoms with Gasteiger partial charge >= 0.3 is 6.03 Å². The van der Waals surface area contributed by atoms with Crippen LogP contribution in [0.5, 0.6) is 0 Å². The van der Waals surface area contributed by atoms with E-state index in [0.717, 1.165) is 10.9 Å². The van der Waals surface area contributed by atoms with E-state index in [0.29, 0.717) is 17.1 Å². The number of nitrogens with one attached hydrogen (secondary N) is 4. The number of rotatable bonds is 4. The third-order valence-electron chi connectivity index (χ3n) is 3.59. The molecular formula is C19H20N4O2. The molecule has 1 heterocycles. The molecule has 0 unspecified atom stereocenters. The molecule has 6 nitrogen and oxygen atoms in total. The number of carbonyl (C=O) groups is 2. The van der Waals surface area contributed by atoms with E-state index >= 15 is 0 Å². The number of aromatic amines is 1. The Morgan fingerprint density at radius 1 is 0.920 bits per heavy atom. The van der Waals surface area contributed by atoms with Crippen LogP contribution in [-0.4, -0.2) is 23.0 Å². The van der Waals surface area contributed by atoms with Gasteiger partial charge in [0, 0.05) is 28.3 Å². The van der Waals surface area contributed by atoms with Gasteiger partial charge in [0.2, 0.25) is 0 Å². The minimum atomic E-state index is -0.259. The number of amides is 3. The maximum absolute atomic E-state index is 12.3. The fraction of sp³-hybridized carbons (Fsp3) is 0.158. The number of hydrogen-bond donors (Lipinski definition) is 4. The predicted molar refractivity (Wildman–Crippen MR) is 100.0 cm³/mol. The fourth-order valence-corrected chi connectivity index (χ4v) is 2.46. The number of aromatic nitrogens is 1. The molecule has 0 saturated carbocycles. The lowest BCUT2D eigenvalue weighted by molar-refractivity contribution is 0.102. The zero-order valence-corrected chi connectivity index (χ0v) is 14.1. The van der Waals surface area contributed by atoms with Crippen molar-refractivity contribution in [1.29, 1.82) is 0 Å². The van der Waals surface area contributed by atoms with Crippen molar-refractivity contribution in [2.24, 2.45) is 0 Å². The molecule has 0 aliphatic rings. The van der Waals surface area contributed by atoms with Crippen molar-refractivity contribution in [2.75, 3.05) is 10.6 Å². The first-order valence-electron chi connectivity index (χ1n) is 8.08. The molecule has 3 amide bonds. The summed E-state index contributed by atoms with van der Waals surface area (Å²) in [4.78, 5) is 27.1. The van der Waals surface area contributed by atoms with Crippen LogP contribution in [-0.2, 0) is 0 Å². The van der Waals surface area contributed by atoms with Gasteiger partial charge in [-0.25, -0.2) is 4.79 Å². The molecular weight excluding hydrogens is 316 g/mol. The van der Waals surface area contributed by atoms with E-state index < -0.39 is 0 Å². The summed E-state index contributed by atoms with van der Waals surface area (Å²) >= 11 is 0. The lowest BCUT2D eigenvalue weighted by atomic mass is 10.2. The molecule has 0 aliphatic heterocycles. The molecule has 3 aromatic rings. The van der Waals surface area contributed by atoms with E-state index in [1.165, 1.54) is 0 Å². The van der Waals surface area contributed by atoms with Gasteiger partial charge in [0.05, 0.1) is 0 Å². The third kappa shape index (κ3) is 4.17. The SMILES string of the molecule is CC(C)NC(=O)Nc1ccc(NC(=O)c2cc3ccccc3[nH]2)cc1. The highest BCUT2D eigenvalue weighted by Crippen LogP contribution is 2.17. The number of para-hydroxylation sites is 1. The second kappa shape index (κ2) is 7.09. The molecule has 1 aromatic heterocycles. The standard InChI is InChI=1S/C19H20N4O2/c1-12(2)20-19(25)22-15-9-7-14(8-10-15)21-18(24)17-11-13-5-3-4-6-16(13)23-17/h3-12,23H,1-2H3,(H,21,24)(H2,20,22,25). The van der Waals surface area contributed by atoms with Crippen molar-refractivity contribution in [3.8, 4) is 0 Å². The maximum atomic E-state index is 12.3. The predicted octanol–water partition coefficient (Wildman–Crippen LogP) is 3.95. The summed E-state index contributed by atoms with van der Waals surface area (Å²) in [5, 5.41) is 9.31. The number of anilines is 2. The van der Waals surface area contributed by atoms with Gasteiger partial charge in [0.25, 0.3) is 5.91 Å². The summed E-state index contributed by atoms with van der Waals surface area (Å²) in [6, 6.07) is 16.3. The number of benzene rings is 2. The largest absolute Gasteiger partial charge is 0.351 e. The lowest BCUT2D eigenvalue weighted by Crippen LogP contribution is -2.34. The van der Waals surface area contributed by atoms with Gasteiger partial charge in [0.1, 0.15) is 5.69 Å². The van der Waals surface area contributed by atoms with Gasteiger partial charge in [-0.3, -0.25) is 4.79 Å². The second-order valence-electron chi connectivity index (χ2n) is 6.05. The van der Waals surface area contributed by atoms with Gasteiger partial charge in [-0.05, 0) is 50.2 Å². The quantitative estimate of drug-likeness (QED) is 0.581. The van der Waals surface area contributed by atoms with Crippen molar-refractivity contribution < 1.29 is 9.59 Å². The molecule has 3 rings (SSSR count). The molecule has 0 bridgehead atoms. The van der Waals surface area contributed by atoms with Gasteiger partial charge < -0.3 is 20.9 Å². The van der Waals surface area contributed by atoms with Crippen molar-refractivity contribution >= 4 is 34.2 Å². The van der Waals surface area contributed by atoms with Crippen LogP contribution in [0.1, 0.15) is 24.3 Å². The van der Waals surface area contributed by atoms with E-state index in [1.807, 2.05) is 44.2 Å². The van der Waals surface area contributed by atoms with Crippen LogP contribution in [0.4, 0.5) is 16.2 Å². The van der Waals surface area contributed by atoms with E-state index in [1.54, 1.807) is 24.3 Å². The van der Waals surface area contributed by atoms with Crippen LogP contribution < -0.4 is 16.0 Å². The van der Waals surface area contributed by atoms with Crippen LogP contribution in [0.2, 0.25) is 0 Å². The highest BCUT2D eigenvalue weighted by atomic mass is 16.2. The van der Waals surface area contributed by atoms with E-state index in [4.69, 9.17) is 0 Å². The van der Waals surface area contributed by atoms with Crippen molar-refractivity contribution in [3.05, 3.63) is 60.3 Å². The first-order chi connectivity index (χ1) is 12.0. The molecule has 0 atom stereocenters. The fourth-order valence-electron chi connectivity index (χ4n) is 2.46. The Labute approximate surface area is 145 Å². The molecule has 0 fully saturated rings. The minimum Gasteiger partial charge on any atom is -0.351 e. The summed E-state index contributed by atoms with van der Waals surface area (Å²) in [5.74, 6) is -0.213. The normalized spacial score (nSPS) is 10.7. The van der Waals surface area contributed by atoms with E-state index in [9.17, 15) is 9.59 Å². The topological polar surface area (TPSA) is 86.0 Å². The van der Waals surface area contributed by atoms with Crippen molar-refractivity contribution in [2.45, 2.75) is 19.9 Å². The molecule has 2 aromatic carbocycles. The zero-order chi connectivity index (χ0) is 17.8. The summed E-state index contributed by atoms with van der Waals surface area (Å²) < 4.78 is 0.